The van der Waals surface area contributed by atoms with E-state index in [-0.39, 0.29) is 29.9 Å². The van der Waals surface area contributed by atoms with Gasteiger partial charge in [0.2, 0.25) is 5.91 Å². The summed E-state index contributed by atoms with van der Waals surface area (Å²) < 4.78 is 0. The molecule has 0 unspecified atom stereocenters. The lowest BCUT2D eigenvalue weighted by molar-refractivity contribution is -0.114. The van der Waals surface area contributed by atoms with Crippen molar-refractivity contribution in [2.45, 2.75) is 26.8 Å². The van der Waals surface area contributed by atoms with E-state index in [1.54, 1.807) is 0 Å². The van der Waals surface area contributed by atoms with Crippen molar-refractivity contribution in [3.05, 3.63) is 64.7 Å². The maximum atomic E-state index is 11.0. The highest BCUT2D eigenvalue weighted by Gasteiger charge is 2.00. The van der Waals surface area contributed by atoms with Gasteiger partial charge in [0.15, 0.2) is 5.96 Å². The van der Waals surface area contributed by atoms with Gasteiger partial charge in [0.25, 0.3) is 0 Å². The Morgan fingerprint density at radius 3 is 2.22 bits per heavy atom. The summed E-state index contributed by atoms with van der Waals surface area (Å²) in [6.45, 7) is 5.71. The molecule has 7 heteroatoms. The van der Waals surface area contributed by atoms with Gasteiger partial charge in [0.1, 0.15) is 0 Å². The van der Waals surface area contributed by atoms with Crippen molar-refractivity contribution in [2.75, 3.05) is 18.4 Å². The molecule has 2 aromatic rings. The summed E-state index contributed by atoms with van der Waals surface area (Å²) in [4.78, 5) is 15.6. The van der Waals surface area contributed by atoms with Crippen LogP contribution in [0.4, 0.5) is 5.69 Å². The Kier molecular flexibility index (Phi) is 10.8. The number of anilines is 1. The van der Waals surface area contributed by atoms with Crippen molar-refractivity contribution in [3.8, 4) is 0 Å². The van der Waals surface area contributed by atoms with Crippen molar-refractivity contribution in [1.29, 1.82) is 0 Å². The van der Waals surface area contributed by atoms with Crippen LogP contribution in [-0.4, -0.2) is 25.0 Å². The summed E-state index contributed by atoms with van der Waals surface area (Å²) in [6, 6.07) is 15.6. The molecular formula is C20H26ClIN4O. The van der Waals surface area contributed by atoms with Crippen LogP contribution in [0.5, 0.6) is 0 Å². The summed E-state index contributed by atoms with van der Waals surface area (Å²) in [6.07, 6.45) is 0.867. The number of aliphatic imine (C=N–C) groups is 1. The predicted octanol–water partition coefficient (Wildman–Crippen LogP) is 4.21. The second-order valence-corrected chi connectivity index (χ2v) is 6.31. The van der Waals surface area contributed by atoms with Crippen LogP contribution in [0, 0.1) is 0 Å². The van der Waals surface area contributed by atoms with E-state index >= 15 is 0 Å². The lowest BCUT2D eigenvalue weighted by Gasteiger charge is -2.11. The second-order valence-electron chi connectivity index (χ2n) is 5.88. The van der Waals surface area contributed by atoms with Gasteiger partial charge in [0.05, 0.1) is 6.54 Å². The van der Waals surface area contributed by atoms with Gasteiger partial charge in [-0.3, -0.25) is 4.79 Å². The molecule has 3 N–H and O–H groups in total. The number of carbonyl (C=O) groups is 1. The summed E-state index contributed by atoms with van der Waals surface area (Å²) >= 11 is 5.90. The summed E-state index contributed by atoms with van der Waals surface area (Å²) in [7, 11) is 0. The quantitative estimate of drug-likeness (QED) is 0.303. The molecule has 2 aromatic carbocycles. The van der Waals surface area contributed by atoms with E-state index in [1.165, 1.54) is 12.5 Å². The molecule has 146 valence electrons. The minimum Gasteiger partial charge on any atom is -0.357 e. The third-order valence-corrected chi connectivity index (χ3v) is 3.91. The first-order valence-electron chi connectivity index (χ1n) is 8.70. The Hall–Kier alpha value is -1.80. The first-order chi connectivity index (χ1) is 12.6. The smallest absolute Gasteiger partial charge is 0.221 e. The molecule has 2 rings (SSSR count). The number of nitrogens with zero attached hydrogens (tertiary/aromatic N) is 1. The molecule has 0 aliphatic carbocycles. The zero-order valence-electron chi connectivity index (χ0n) is 15.6. The fourth-order valence-corrected chi connectivity index (χ4v) is 2.51. The summed E-state index contributed by atoms with van der Waals surface area (Å²) in [5, 5.41) is 10.1. The highest BCUT2D eigenvalue weighted by molar-refractivity contribution is 14.0. The number of nitrogens with one attached hydrogen (secondary N) is 3. The minimum atomic E-state index is -0.0633. The van der Waals surface area contributed by atoms with E-state index < -0.39 is 0 Å². The lowest BCUT2D eigenvalue weighted by Crippen LogP contribution is -2.38. The molecule has 0 aliphatic heterocycles. The molecule has 27 heavy (non-hydrogen) atoms. The number of hydrogen-bond donors (Lipinski definition) is 3. The van der Waals surface area contributed by atoms with Crippen molar-refractivity contribution >= 4 is 53.1 Å². The standard InChI is InChI=1S/C20H25ClN4O.HI/c1-3-22-20(24-14-17-4-8-18(21)9-5-17)23-13-12-16-6-10-19(11-7-16)25-15(2)26;/h4-11H,3,12-14H2,1-2H3,(H,25,26)(H2,22,23,24);1H. The van der Waals surface area contributed by atoms with Gasteiger partial charge in [0, 0.05) is 30.7 Å². The van der Waals surface area contributed by atoms with E-state index in [0.717, 1.165) is 41.7 Å². The Labute approximate surface area is 183 Å². The molecule has 0 atom stereocenters. The molecule has 0 radical (unpaired) electrons. The predicted molar refractivity (Wildman–Crippen MR) is 124 cm³/mol. The monoisotopic (exact) mass is 500 g/mol. The highest BCUT2D eigenvalue weighted by atomic mass is 127. The lowest BCUT2D eigenvalue weighted by atomic mass is 10.1. The Morgan fingerprint density at radius 1 is 1.00 bits per heavy atom. The van der Waals surface area contributed by atoms with Gasteiger partial charge in [-0.2, -0.15) is 0 Å². The number of amides is 1. The van der Waals surface area contributed by atoms with E-state index in [1.807, 2.05) is 55.5 Å². The van der Waals surface area contributed by atoms with Crippen molar-refractivity contribution in [2.24, 2.45) is 4.99 Å². The van der Waals surface area contributed by atoms with Crippen LogP contribution in [0.3, 0.4) is 0 Å². The van der Waals surface area contributed by atoms with E-state index in [2.05, 4.69) is 20.9 Å². The normalized spacial score (nSPS) is 10.7. The Morgan fingerprint density at radius 2 is 1.63 bits per heavy atom. The van der Waals surface area contributed by atoms with Crippen LogP contribution in [0.25, 0.3) is 0 Å². The van der Waals surface area contributed by atoms with Crippen molar-refractivity contribution in [1.82, 2.24) is 10.6 Å². The van der Waals surface area contributed by atoms with E-state index in [0.29, 0.717) is 6.54 Å². The minimum absolute atomic E-state index is 0. The van der Waals surface area contributed by atoms with Crippen LogP contribution in [0.2, 0.25) is 5.02 Å². The van der Waals surface area contributed by atoms with E-state index in [9.17, 15) is 4.79 Å². The molecule has 0 bridgehead atoms. The van der Waals surface area contributed by atoms with Crippen molar-refractivity contribution in [3.63, 3.8) is 0 Å². The number of benzene rings is 2. The van der Waals surface area contributed by atoms with Gasteiger partial charge in [-0.15, -0.1) is 24.0 Å². The first-order valence-corrected chi connectivity index (χ1v) is 9.07. The van der Waals surface area contributed by atoms with Gasteiger partial charge >= 0.3 is 0 Å². The number of halogens is 2. The molecule has 0 aliphatic rings. The molecule has 0 aromatic heterocycles. The van der Waals surface area contributed by atoms with Crippen LogP contribution in [-0.2, 0) is 17.8 Å². The first kappa shape index (κ1) is 23.2. The maximum absolute atomic E-state index is 11.0. The zero-order valence-corrected chi connectivity index (χ0v) is 18.7. The molecule has 0 spiro atoms. The molecule has 5 nitrogen and oxygen atoms in total. The van der Waals surface area contributed by atoms with Gasteiger partial charge in [-0.25, -0.2) is 4.99 Å². The number of hydrogen-bond acceptors (Lipinski definition) is 2. The fourth-order valence-electron chi connectivity index (χ4n) is 2.39. The fraction of sp³-hybridized carbons (Fsp3) is 0.300. The molecule has 0 saturated carbocycles. The largest absolute Gasteiger partial charge is 0.357 e. The highest BCUT2D eigenvalue weighted by Crippen LogP contribution is 2.11. The number of guanidine groups is 1. The average Bonchev–Trinajstić information content (AvgIpc) is 2.62. The molecule has 0 saturated heterocycles. The summed E-state index contributed by atoms with van der Waals surface area (Å²) in [5.74, 6) is 0.726. The second kappa shape index (κ2) is 12.6. The summed E-state index contributed by atoms with van der Waals surface area (Å²) in [5.41, 5.74) is 3.12. The SMILES string of the molecule is CCNC(=NCc1ccc(Cl)cc1)NCCc1ccc(NC(C)=O)cc1.I. The van der Waals surface area contributed by atoms with E-state index in [4.69, 9.17) is 11.6 Å². The third-order valence-electron chi connectivity index (χ3n) is 3.66. The third kappa shape index (κ3) is 9.10. The molecule has 0 heterocycles. The number of rotatable bonds is 7. The Bertz CT molecular complexity index is 733. The molecular weight excluding hydrogens is 475 g/mol. The van der Waals surface area contributed by atoms with Gasteiger partial charge in [-0.1, -0.05) is 35.9 Å². The van der Waals surface area contributed by atoms with Crippen LogP contribution < -0.4 is 16.0 Å². The van der Waals surface area contributed by atoms with Crippen LogP contribution in [0.15, 0.2) is 53.5 Å². The van der Waals surface area contributed by atoms with Gasteiger partial charge < -0.3 is 16.0 Å². The number of carbonyl (C=O) groups excluding carboxylic acids is 1. The van der Waals surface area contributed by atoms with Crippen LogP contribution in [0.1, 0.15) is 25.0 Å². The topological polar surface area (TPSA) is 65.5 Å². The van der Waals surface area contributed by atoms with Crippen molar-refractivity contribution < 1.29 is 4.79 Å². The average molecular weight is 501 g/mol. The van der Waals surface area contributed by atoms with Crippen LogP contribution >= 0.6 is 35.6 Å². The molecule has 1 amide bonds. The maximum Gasteiger partial charge on any atom is 0.221 e. The Balaban J connectivity index is 0.00000364. The van der Waals surface area contributed by atoms with Gasteiger partial charge in [-0.05, 0) is 48.7 Å². The molecule has 0 fully saturated rings. The zero-order chi connectivity index (χ0) is 18.8.